The first-order valence-corrected chi connectivity index (χ1v) is 10.6. The van der Waals surface area contributed by atoms with Gasteiger partial charge in [0.25, 0.3) is 0 Å². The Bertz CT molecular complexity index is 903. The fourth-order valence-electron chi connectivity index (χ4n) is 3.62. The van der Waals surface area contributed by atoms with Gasteiger partial charge in [0.2, 0.25) is 5.76 Å². The summed E-state index contributed by atoms with van der Waals surface area (Å²) in [6.45, 7) is 3.88. The summed E-state index contributed by atoms with van der Waals surface area (Å²) in [5.74, 6) is -1.50. The van der Waals surface area contributed by atoms with Crippen LogP contribution in [0.4, 0.5) is 0 Å². The summed E-state index contributed by atoms with van der Waals surface area (Å²) >= 11 is 6.89. The Balaban J connectivity index is 2.20. The monoisotopic (exact) mass is 506 g/mol. The zero-order valence-corrected chi connectivity index (χ0v) is 18.7. The minimum Gasteiger partial charge on any atom is -0.460 e. The smallest absolute Gasteiger partial charge is 0.374 e. The lowest BCUT2D eigenvalue weighted by molar-refractivity contribution is -0.157. The number of esters is 2. The van der Waals surface area contributed by atoms with Crippen LogP contribution < -0.4 is 0 Å². The van der Waals surface area contributed by atoms with Gasteiger partial charge >= 0.3 is 11.9 Å². The maximum Gasteiger partial charge on any atom is 0.374 e. The first-order valence-electron chi connectivity index (χ1n) is 9.05. The van der Waals surface area contributed by atoms with Crippen LogP contribution in [-0.2, 0) is 24.5 Å². The Morgan fingerprint density at radius 1 is 1.04 bits per heavy atom. The maximum absolute atomic E-state index is 13.3. The lowest BCUT2D eigenvalue weighted by Crippen LogP contribution is -2.45. The first kappa shape index (κ1) is 20.8. The van der Waals surface area contributed by atoms with E-state index in [9.17, 15) is 9.59 Å². The van der Waals surface area contributed by atoms with E-state index in [1.165, 1.54) is 0 Å². The molecule has 4 nitrogen and oxygen atoms in total. The van der Waals surface area contributed by atoms with Crippen molar-refractivity contribution in [2.24, 2.45) is 0 Å². The summed E-state index contributed by atoms with van der Waals surface area (Å²) in [6.07, 6.45) is 2.23. The third-order valence-corrected chi connectivity index (χ3v) is 6.10. The number of allylic oxidation sites excluding steroid dienone is 1. The van der Waals surface area contributed by atoms with Crippen molar-refractivity contribution in [3.05, 3.63) is 80.4 Å². The van der Waals surface area contributed by atoms with E-state index in [2.05, 4.69) is 31.9 Å². The number of ether oxygens (including phenoxy) is 2. The predicted molar refractivity (Wildman–Crippen MR) is 114 cm³/mol. The van der Waals surface area contributed by atoms with Crippen LogP contribution in [0.2, 0.25) is 0 Å². The molecule has 0 saturated carbocycles. The molecule has 0 fully saturated rings. The number of rotatable bonds is 5. The highest BCUT2D eigenvalue weighted by Gasteiger charge is 2.51. The first-order chi connectivity index (χ1) is 13.4. The highest BCUT2D eigenvalue weighted by atomic mass is 79.9. The van der Waals surface area contributed by atoms with Gasteiger partial charge in [-0.2, -0.15) is 0 Å². The van der Waals surface area contributed by atoms with Gasteiger partial charge in [-0.1, -0.05) is 63.0 Å². The molecule has 1 aliphatic heterocycles. The molecular formula is C22H20Br2O4. The van der Waals surface area contributed by atoms with E-state index in [1.54, 1.807) is 13.0 Å². The molecule has 146 valence electrons. The van der Waals surface area contributed by atoms with Crippen LogP contribution in [0.3, 0.4) is 0 Å². The van der Waals surface area contributed by atoms with Gasteiger partial charge in [0.15, 0.2) is 0 Å². The van der Waals surface area contributed by atoms with E-state index in [0.29, 0.717) is 6.42 Å². The molecular weight excluding hydrogens is 488 g/mol. The van der Waals surface area contributed by atoms with Crippen LogP contribution in [0.5, 0.6) is 0 Å². The summed E-state index contributed by atoms with van der Waals surface area (Å²) in [5, 5.41) is 0. The average molecular weight is 508 g/mol. The van der Waals surface area contributed by atoms with Crippen molar-refractivity contribution in [3.63, 3.8) is 0 Å². The Hall–Kier alpha value is -1.92. The topological polar surface area (TPSA) is 52.6 Å². The van der Waals surface area contributed by atoms with Crippen molar-refractivity contribution in [2.45, 2.75) is 31.6 Å². The Morgan fingerprint density at radius 3 is 2.14 bits per heavy atom. The fraction of sp³-hybridized carbons (Fsp3) is 0.273. The molecule has 0 spiro atoms. The third kappa shape index (κ3) is 3.80. The molecule has 1 heterocycles. The molecule has 0 amide bonds. The zero-order chi connectivity index (χ0) is 20.3. The van der Waals surface area contributed by atoms with Crippen molar-refractivity contribution in [1.29, 1.82) is 0 Å². The molecule has 2 aromatic carbocycles. The van der Waals surface area contributed by atoms with Crippen LogP contribution >= 0.6 is 31.9 Å². The number of halogens is 2. The Kier molecular flexibility index (Phi) is 6.40. The maximum atomic E-state index is 13.3. The molecule has 1 aliphatic rings. The van der Waals surface area contributed by atoms with Crippen molar-refractivity contribution in [1.82, 2.24) is 0 Å². The molecule has 0 unspecified atom stereocenters. The van der Waals surface area contributed by atoms with Gasteiger partial charge in [0.05, 0.1) is 6.61 Å². The summed E-state index contributed by atoms with van der Waals surface area (Å²) in [6, 6.07) is 15.4. The second kappa shape index (κ2) is 8.62. The van der Waals surface area contributed by atoms with Crippen LogP contribution in [0.1, 0.15) is 37.3 Å². The number of hydrogen-bond acceptors (Lipinski definition) is 4. The average Bonchev–Trinajstić information content (AvgIpc) is 2.69. The summed E-state index contributed by atoms with van der Waals surface area (Å²) in [4.78, 5) is 25.6. The molecule has 0 saturated heterocycles. The summed E-state index contributed by atoms with van der Waals surface area (Å²) in [7, 11) is 0. The lowest BCUT2D eigenvalue weighted by Gasteiger charge is -2.40. The second-order valence-corrected chi connectivity index (χ2v) is 8.33. The molecule has 6 heteroatoms. The number of cyclic esters (lactones) is 1. The van der Waals surface area contributed by atoms with Gasteiger partial charge < -0.3 is 9.47 Å². The highest BCUT2D eigenvalue weighted by molar-refractivity contribution is 9.10. The van der Waals surface area contributed by atoms with Crippen molar-refractivity contribution >= 4 is 43.8 Å². The molecule has 0 N–H and O–H groups in total. The molecule has 28 heavy (non-hydrogen) atoms. The number of carbonyl (C=O) groups is 2. The van der Waals surface area contributed by atoms with E-state index in [0.717, 1.165) is 20.1 Å². The SMILES string of the molecule is CCOC(=O)C1=C[C@@H](c2ccc(Br)cc2)[C@](CC)(c2ccc(Br)cc2)C(=O)O1. The van der Waals surface area contributed by atoms with Crippen molar-refractivity contribution in [2.75, 3.05) is 6.61 Å². The van der Waals surface area contributed by atoms with E-state index < -0.39 is 17.4 Å². The summed E-state index contributed by atoms with van der Waals surface area (Å²) < 4.78 is 12.4. The molecule has 0 radical (unpaired) electrons. The Labute approximate surface area is 181 Å². The minimum atomic E-state index is -0.940. The number of hydrogen-bond donors (Lipinski definition) is 0. The summed E-state index contributed by atoms with van der Waals surface area (Å²) in [5.41, 5.74) is 0.826. The standard InChI is InChI=1S/C22H20Br2O4/c1-3-22(15-7-11-17(24)12-8-15)18(14-5-9-16(23)10-6-14)13-19(28-21(22)26)20(25)27-4-2/h5-13,18H,3-4H2,1-2H3/t18-,22-/m0/s1. The third-order valence-electron chi connectivity index (χ3n) is 5.04. The molecule has 2 aromatic rings. The van der Waals surface area contributed by atoms with Crippen LogP contribution in [0.15, 0.2) is 69.3 Å². The van der Waals surface area contributed by atoms with Crippen molar-refractivity contribution in [3.8, 4) is 0 Å². The molecule has 0 aliphatic carbocycles. The predicted octanol–water partition coefficient (Wildman–Crippen LogP) is 5.65. The second-order valence-electron chi connectivity index (χ2n) is 6.50. The van der Waals surface area contributed by atoms with E-state index in [1.807, 2.05) is 55.5 Å². The van der Waals surface area contributed by atoms with E-state index >= 15 is 0 Å². The normalized spacial score (nSPS) is 21.6. The van der Waals surface area contributed by atoms with Gasteiger partial charge in [0, 0.05) is 14.9 Å². The number of carbonyl (C=O) groups excluding carboxylic acids is 2. The molecule has 3 rings (SSSR count). The Morgan fingerprint density at radius 2 is 1.61 bits per heavy atom. The van der Waals surface area contributed by atoms with Gasteiger partial charge in [-0.15, -0.1) is 0 Å². The van der Waals surface area contributed by atoms with Crippen LogP contribution in [0, 0.1) is 0 Å². The van der Waals surface area contributed by atoms with Gasteiger partial charge in [0.1, 0.15) is 5.41 Å². The van der Waals surface area contributed by atoms with Crippen LogP contribution in [-0.4, -0.2) is 18.5 Å². The van der Waals surface area contributed by atoms with Gasteiger partial charge in [-0.05, 0) is 54.8 Å². The number of benzene rings is 2. The van der Waals surface area contributed by atoms with E-state index in [-0.39, 0.29) is 18.3 Å². The van der Waals surface area contributed by atoms with Crippen LogP contribution in [0.25, 0.3) is 0 Å². The quantitative estimate of drug-likeness (QED) is 0.491. The zero-order valence-electron chi connectivity index (χ0n) is 15.6. The molecule has 2 atom stereocenters. The molecule has 0 bridgehead atoms. The van der Waals surface area contributed by atoms with Crippen molar-refractivity contribution < 1.29 is 19.1 Å². The minimum absolute atomic E-state index is 0.0547. The largest absolute Gasteiger partial charge is 0.460 e. The van der Waals surface area contributed by atoms with Gasteiger partial charge in [-0.3, -0.25) is 4.79 Å². The van der Waals surface area contributed by atoms with Gasteiger partial charge in [-0.25, -0.2) is 4.79 Å². The highest BCUT2D eigenvalue weighted by Crippen LogP contribution is 2.48. The fourth-order valence-corrected chi connectivity index (χ4v) is 4.15. The lowest BCUT2D eigenvalue weighted by atomic mass is 9.64. The van der Waals surface area contributed by atoms with E-state index in [4.69, 9.17) is 9.47 Å². The molecule has 0 aromatic heterocycles.